The Bertz CT molecular complexity index is 800. The first-order valence-electron chi connectivity index (χ1n) is 9.96. The van der Waals surface area contributed by atoms with Crippen molar-refractivity contribution in [3.05, 3.63) is 51.0 Å². The van der Waals surface area contributed by atoms with Crippen LogP contribution in [0, 0.1) is 6.92 Å². The first-order chi connectivity index (χ1) is 13.2. The van der Waals surface area contributed by atoms with Crippen LogP contribution in [0.5, 0.6) is 0 Å². The van der Waals surface area contributed by atoms with Crippen molar-refractivity contribution in [1.29, 1.82) is 0 Å². The lowest BCUT2D eigenvalue weighted by atomic mass is 9.98. The highest BCUT2D eigenvalue weighted by Crippen LogP contribution is 2.29. The number of thiazole rings is 1. The highest BCUT2D eigenvalue weighted by molar-refractivity contribution is 7.14. The minimum atomic E-state index is -0.135. The molecule has 28 heavy (non-hydrogen) atoms. The average Bonchev–Trinajstić information content (AvgIpc) is 3.05. The number of hydrogen-bond acceptors (Lipinski definition) is 5. The lowest BCUT2D eigenvalue weighted by Gasteiger charge is -2.29. The Morgan fingerprint density at radius 3 is 2.39 bits per heavy atom. The van der Waals surface area contributed by atoms with E-state index in [9.17, 15) is 9.90 Å². The summed E-state index contributed by atoms with van der Waals surface area (Å²) in [5.41, 5.74) is 3.11. The SMILES string of the molecule is Cc1nc(C(C)(C)C)sc1C(=O)NCc1ccc(CN2CCC(O)CC2)cc1. The minimum absolute atomic E-state index is 0.0454. The van der Waals surface area contributed by atoms with Crippen LogP contribution in [0.15, 0.2) is 24.3 Å². The highest BCUT2D eigenvalue weighted by atomic mass is 32.1. The fourth-order valence-electron chi connectivity index (χ4n) is 3.29. The van der Waals surface area contributed by atoms with Crippen LogP contribution in [0.4, 0.5) is 0 Å². The Labute approximate surface area is 171 Å². The molecule has 2 N–H and O–H groups in total. The van der Waals surface area contributed by atoms with Gasteiger partial charge in [-0.15, -0.1) is 11.3 Å². The summed E-state index contributed by atoms with van der Waals surface area (Å²) in [4.78, 5) is 20.2. The Kier molecular flexibility index (Phi) is 6.53. The molecule has 0 aliphatic carbocycles. The van der Waals surface area contributed by atoms with Crippen LogP contribution in [0.3, 0.4) is 0 Å². The van der Waals surface area contributed by atoms with Crippen molar-refractivity contribution >= 4 is 17.2 Å². The maximum atomic E-state index is 12.6. The van der Waals surface area contributed by atoms with Gasteiger partial charge in [-0.2, -0.15) is 0 Å². The van der Waals surface area contributed by atoms with Gasteiger partial charge in [0.25, 0.3) is 5.91 Å². The molecule has 152 valence electrons. The van der Waals surface area contributed by atoms with Gasteiger partial charge in [0.1, 0.15) is 4.88 Å². The molecule has 1 aromatic carbocycles. The third kappa shape index (κ3) is 5.40. The van der Waals surface area contributed by atoms with Crippen LogP contribution in [0.1, 0.15) is 65.1 Å². The van der Waals surface area contributed by atoms with Gasteiger partial charge in [0.05, 0.1) is 16.8 Å². The standard InChI is InChI=1S/C22H31N3O2S/c1-15-19(28-21(24-15)22(2,3)4)20(27)23-13-16-5-7-17(8-6-16)14-25-11-9-18(26)10-12-25/h5-8,18,26H,9-14H2,1-4H3,(H,23,27). The van der Waals surface area contributed by atoms with Crippen LogP contribution in [-0.2, 0) is 18.5 Å². The van der Waals surface area contributed by atoms with Crippen molar-refractivity contribution < 1.29 is 9.90 Å². The van der Waals surface area contributed by atoms with Gasteiger partial charge in [-0.1, -0.05) is 45.0 Å². The predicted octanol–water partition coefficient (Wildman–Crippen LogP) is 3.64. The van der Waals surface area contributed by atoms with Crippen molar-refractivity contribution in [2.75, 3.05) is 13.1 Å². The summed E-state index contributed by atoms with van der Waals surface area (Å²) < 4.78 is 0. The molecule has 5 nitrogen and oxygen atoms in total. The molecular weight excluding hydrogens is 370 g/mol. The van der Waals surface area contributed by atoms with E-state index in [4.69, 9.17) is 0 Å². The van der Waals surface area contributed by atoms with E-state index in [2.05, 4.69) is 60.2 Å². The van der Waals surface area contributed by atoms with Gasteiger partial charge in [0.2, 0.25) is 0 Å². The second-order valence-corrected chi connectivity index (χ2v) is 9.69. The maximum absolute atomic E-state index is 12.6. The molecule has 6 heteroatoms. The van der Waals surface area contributed by atoms with Crippen molar-refractivity contribution in [1.82, 2.24) is 15.2 Å². The van der Waals surface area contributed by atoms with E-state index >= 15 is 0 Å². The number of carbonyl (C=O) groups excluding carboxylic acids is 1. The Morgan fingerprint density at radius 2 is 1.82 bits per heavy atom. The number of carbonyl (C=O) groups is 1. The number of benzene rings is 1. The van der Waals surface area contributed by atoms with Crippen molar-refractivity contribution in [2.24, 2.45) is 0 Å². The van der Waals surface area contributed by atoms with Gasteiger partial charge in [-0.3, -0.25) is 9.69 Å². The average molecular weight is 402 g/mol. The number of aryl methyl sites for hydroxylation is 1. The molecule has 2 heterocycles. The molecule has 0 spiro atoms. The molecule has 3 rings (SSSR count). The first-order valence-corrected chi connectivity index (χ1v) is 10.8. The van der Waals surface area contributed by atoms with Crippen LogP contribution in [-0.4, -0.2) is 40.1 Å². The third-order valence-corrected chi connectivity index (χ3v) is 6.67. The summed E-state index contributed by atoms with van der Waals surface area (Å²) in [6.45, 7) is 11.6. The Balaban J connectivity index is 1.53. The molecule has 1 fully saturated rings. The van der Waals surface area contributed by atoms with Crippen molar-refractivity contribution in [3.8, 4) is 0 Å². The number of rotatable bonds is 5. The number of hydrogen-bond donors (Lipinski definition) is 2. The molecule has 0 radical (unpaired) electrons. The second kappa shape index (κ2) is 8.72. The predicted molar refractivity (Wildman–Crippen MR) is 114 cm³/mol. The third-order valence-electron chi connectivity index (χ3n) is 5.08. The number of aliphatic hydroxyl groups excluding tert-OH is 1. The highest BCUT2D eigenvalue weighted by Gasteiger charge is 2.23. The van der Waals surface area contributed by atoms with E-state index in [1.54, 1.807) is 0 Å². The summed E-state index contributed by atoms with van der Waals surface area (Å²) in [5.74, 6) is -0.0542. The molecule has 2 aromatic rings. The minimum Gasteiger partial charge on any atom is -0.393 e. The van der Waals surface area contributed by atoms with Crippen molar-refractivity contribution in [2.45, 2.75) is 65.1 Å². The Hall–Kier alpha value is -1.76. The molecular formula is C22H31N3O2S. The smallest absolute Gasteiger partial charge is 0.263 e. The molecule has 0 atom stereocenters. The van der Waals surface area contributed by atoms with E-state index in [0.29, 0.717) is 11.4 Å². The zero-order valence-corrected chi connectivity index (χ0v) is 18.1. The number of nitrogens with one attached hydrogen (secondary N) is 1. The summed E-state index contributed by atoms with van der Waals surface area (Å²) in [6, 6.07) is 8.41. The van der Waals surface area contributed by atoms with Gasteiger partial charge in [-0.05, 0) is 30.9 Å². The van der Waals surface area contributed by atoms with Gasteiger partial charge >= 0.3 is 0 Å². The monoisotopic (exact) mass is 401 g/mol. The zero-order chi connectivity index (χ0) is 20.3. The van der Waals surface area contributed by atoms with Crippen LogP contribution >= 0.6 is 11.3 Å². The molecule has 0 bridgehead atoms. The van der Waals surface area contributed by atoms with Gasteiger partial charge in [-0.25, -0.2) is 4.98 Å². The maximum Gasteiger partial charge on any atom is 0.263 e. The van der Waals surface area contributed by atoms with E-state index in [0.717, 1.165) is 48.7 Å². The number of aliphatic hydroxyl groups is 1. The molecule has 1 amide bonds. The molecule has 0 unspecified atom stereocenters. The zero-order valence-electron chi connectivity index (χ0n) is 17.3. The van der Waals surface area contributed by atoms with E-state index in [-0.39, 0.29) is 17.4 Å². The molecule has 0 saturated carbocycles. The lowest BCUT2D eigenvalue weighted by Crippen LogP contribution is -2.35. The molecule has 1 aliphatic heterocycles. The summed E-state index contributed by atoms with van der Waals surface area (Å²) in [7, 11) is 0. The number of amides is 1. The van der Waals surface area contributed by atoms with Gasteiger partial charge in [0.15, 0.2) is 0 Å². The second-order valence-electron chi connectivity index (χ2n) is 8.69. The summed E-state index contributed by atoms with van der Waals surface area (Å²) in [5, 5.41) is 13.6. The number of aromatic nitrogens is 1. The topological polar surface area (TPSA) is 65.5 Å². The van der Waals surface area contributed by atoms with Crippen LogP contribution in [0.25, 0.3) is 0 Å². The summed E-state index contributed by atoms with van der Waals surface area (Å²) >= 11 is 1.49. The largest absolute Gasteiger partial charge is 0.393 e. The molecule has 1 saturated heterocycles. The quantitative estimate of drug-likeness (QED) is 0.803. The fraction of sp³-hybridized carbons (Fsp3) is 0.545. The molecule has 1 aliphatic rings. The van der Waals surface area contributed by atoms with E-state index in [1.807, 2.05) is 6.92 Å². The number of nitrogens with zero attached hydrogens (tertiary/aromatic N) is 2. The fourth-order valence-corrected chi connectivity index (χ4v) is 4.33. The normalized spacial score (nSPS) is 16.3. The Morgan fingerprint density at radius 1 is 1.21 bits per heavy atom. The van der Waals surface area contributed by atoms with Gasteiger partial charge < -0.3 is 10.4 Å². The lowest BCUT2D eigenvalue weighted by molar-refractivity contribution is 0.0792. The number of likely N-dealkylation sites (tertiary alicyclic amines) is 1. The van der Waals surface area contributed by atoms with E-state index < -0.39 is 0 Å². The van der Waals surface area contributed by atoms with E-state index in [1.165, 1.54) is 16.9 Å². The van der Waals surface area contributed by atoms with Gasteiger partial charge in [0, 0.05) is 31.6 Å². The number of piperidine rings is 1. The van der Waals surface area contributed by atoms with Crippen LogP contribution in [0.2, 0.25) is 0 Å². The van der Waals surface area contributed by atoms with Crippen molar-refractivity contribution in [3.63, 3.8) is 0 Å². The molecule has 1 aromatic heterocycles. The summed E-state index contributed by atoms with van der Waals surface area (Å²) in [6.07, 6.45) is 1.58. The first kappa shape index (κ1) is 21.0. The van der Waals surface area contributed by atoms with Crippen LogP contribution < -0.4 is 5.32 Å².